The van der Waals surface area contributed by atoms with Crippen LogP contribution in [0, 0.1) is 5.92 Å². The third-order valence-corrected chi connectivity index (χ3v) is 5.93. The van der Waals surface area contributed by atoms with Crippen molar-refractivity contribution < 1.29 is 0 Å². The van der Waals surface area contributed by atoms with Gasteiger partial charge in [-0.25, -0.2) is 0 Å². The Morgan fingerprint density at radius 1 is 1.11 bits per heavy atom. The van der Waals surface area contributed by atoms with Gasteiger partial charge in [0.1, 0.15) is 0 Å². The van der Waals surface area contributed by atoms with Gasteiger partial charge in [0, 0.05) is 39.3 Å². The summed E-state index contributed by atoms with van der Waals surface area (Å²) in [5.41, 5.74) is 0. The zero-order chi connectivity index (χ0) is 13.2. The van der Waals surface area contributed by atoms with Gasteiger partial charge >= 0.3 is 0 Å². The Kier molecular flexibility index (Phi) is 4.98. The summed E-state index contributed by atoms with van der Waals surface area (Å²) < 4.78 is 0. The fraction of sp³-hybridized carbons (Fsp3) is 1.00. The minimum absolute atomic E-state index is 0.338. The van der Waals surface area contributed by atoms with E-state index in [1.54, 1.807) is 0 Å². The Bertz CT molecular complexity index is 256. The molecule has 0 radical (unpaired) electrons. The average Bonchev–Trinajstić information content (AvgIpc) is 2.29. The number of hydrogen-bond acceptors (Lipinski definition) is 4. The maximum Gasteiger partial charge on any atom is 0.0610 e. The Morgan fingerprint density at radius 2 is 1.72 bits per heavy atom. The fourth-order valence-electron chi connectivity index (χ4n) is 2.76. The van der Waals surface area contributed by atoms with Crippen LogP contribution in [0.3, 0.4) is 0 Å². The third-order valence-electron chi connectivity index (χ3n) is 4.67. The van der Waals surface area contributed by atoms with Gasteiger partial charge in [-0.3, -0.25) is 4.90 Å². The number of hydrogen-bond donors (Lipinski definition) is 0. The van der Waals surface area contributed by atoms with Crippen molar-refractivity contribution in [3.63, 3.8) is 0 Å². The van der Waals surface area contributed by atoms with Crippen LogP contribution in [-0.4, -0.2) is 78.7 Å². The van der Waals surface area contributed by atoms with Crippen molar-refractivity contribution in [2.24, 2.45) is 5.92 Å². The second-order valence-corrected chi connectivity index (χ2v) is 7.76. The predicted molar refractivity (Wildman–Crippen MR) is 81.2 cm³/mol. The lowest BCUT2D eigenvalue weighted by molar-refractivity contribution is 0.0373. The van der Waals surface area contributed by atoms with E-state index in [1.165, 1.54) is 52.2 Å². The molecule has 0 atom stereocenters. The number of piperazine rings is 1. The van der Waals surface area contributed by atoms with Gasteiger partial charge in [0.25, 0.3) is 0 Å². The number of likely N-dealkylation sites (tertiary alicyclic amines) is 1. The lowest BCUT2D eigenvalue weighted by Crippen LogP contribution is -2.56. The van der Waals surface area contributed by atoms with Crippen molar-refractivity contribution in [2.45, 2.75) is 25.1 Å². The molecule has 0 unspecified atom stereocenters. The van der Waals surface area contributed by atoms with E-state index in [0.29, 0.717) is 4.87 Å². The van der Waals surface area contributed by atoms with Crippen molar-refractivity contribution in [3.05, 3.63) is 0 Å². The average molecular weight is 271 g/mol. The summed E-state index contributed by atoms with van der Waals surface area (Å²) in [7, 11) is 2.23. The zero-order valence-corrected chi connectivity index (χ0v) is 13.3. The van der Waals surface area contributed by atoms with Gasteiger partial charge in [0.05, 0.1) is 4.87 Å². The van der Waals surface area contributed by atoms with Gasteiger partial charge in [-0.1, -0.05) is 0 Å². The molecule has 2 rings (SSSR count). The molecule has 0 bridgehead atoms. The summed E-state index contributed by atoms with van der Waals surface area (Å²) in [4.78, 5) is 8.03. The van der Waals surface area contributed by atoms with Crippen LogP contribution in [-0.2, 0) is 0 Å². The molecule has 2 heterocycles. The molecule has 0 spiro atoms. The van der Waals surface area contributed by atoms with Crippen LogP contribution in [0.15, 0.2) is 0 Å². The third kappa shape index (κ3) is 3.62. The van der Waals surface area contributed by atoms with E-state index < -0.39 is 0 Å². The molecule has 2 saturated heterocycles. The lowest BCUT2D eigenvalue weighted by Gasteiger charge is -2.49. The minimum atomic E-state index is 0.338. The van der Waals surface area contributed by atoms with Crippen molar-refractivity contribution in [1.29, 1.82) is 0 Å². The SMILES string of the molecule is CSC(C)(C)N1CC(CCN2CCN(C)CC2)C1. The van der Waals surface area contributed by atoms with Crippen LogP contribution in [0.1, 0.15) is 20.3 Å². The van der Waals surface area contributed by atoms with E-state index in [2.05, 4.69) is 41.9 Å². The molecule has 0 N–H and O–H groups in total. The van der Waals surface area contributed by atoms with Crippen LogP contribution in [0.5, 0.6) is 0 Å². The highest BCUT2D eigenvalue weighted by Gasteiger charge is 2.36. The zero-order valence-electron chi connectivity index (χ0n) is 12.5. The van der Waals surface area contributed by atoms with Gasteiger partial charge in [-0.15, -0.1) is 11.8 Å². The van der Waals surface area contributed by atoms with E-state index in [0.717, 1.165) is 5.92 Å². The summed E-state index contributed by atoms with van der Waals surface area (Å²) in [5, 5.41) is 0. The monoisotopic (exact) mass is 271 g/mol. The molecular formula is C14H29N3S. The summed E-state index contributed by atoms with van der Waals surface area (Å²) in [6.45, 7) is 13.6. The normalized spacial score (nSPS) is 25.3. The standard InChI is InChI=1S/C14H29N3S/c1-14(2,18-4)17-11-13(12-17)5-6-16-9-7-15(3)8-10-16/h13H,5-12H2,1-4H3. The van der Waals surface area contributed by atoms with Crippen LogP contribution in [0.4, 0.5) is 0 Å². The summed E-state index contributed by atoms with van der Waals surface area (Å²) in [6, 6.07) is 0. The highest BCUT2D eigenvalue weighted by molar-refractivity contribution is 7.99. The first-order valence-electron chi connectivity index (χ1n) is 7.22. The highest BCUT2D eigenvalue weighted by Crippen LogP contribution is 2.34. The number of thioether (sulfide) groups is 1. The van der Waals surface area contributed by atoms with Gasteiger partial charge in [0.2, 0.25) is 0 Å². The maximum atomic E-state index is 2.64. The van der Waals surface area contributed by atoms with Crippen LogP contribution < -0.4 is 0 Å². The van der Waals surface area contributed by atoms with Crippen LogP contribution in [0.25, 0.3) is 0 Å². The topological polar surface area (TPSA) is 9.72 Å². The van der Waals surface area contributed by atoms with Gasteiger partial charge in [-0.2, -0.15) is 0 Å². The number of likely N-dealkylation sites (N-methyl/N-ethyl adjacent to an activating group) is 1. The number of nitrogens with zero attached hydrogens (tertiary/aromatic N) is 3. The van der Waals surface area contributed by atoms with Crippen molar-refractivity contribution >= 4 is 11.8 Å². The van der Waals surface area contributed by atoms with Crippen molar-refractivity contribution in [2.75, 3.05) is 59.1 Å². The summed E-state index contributed by atoms with van der Waals surface area (Å²) >= 11 is 1.97. The molecule has 3 nitrogen and oxygen atoms in total. The molecule has 2 fully saturated rings. The van der Waals surface area contributed by atoms with Crippen LogP contribution in [0.2, 0.25) is 0 Å². The largest absolute Gasteiger partial charge is 0.304 e. The quantitative estimate of drug-likeness (QED) is 0.752. The fourth-order valence-corrected chi connectivity index (χ4v) is 3.17. The summed E-state index contributed by atoms with van der Waals surface area (Å²) in [6.07, 6.45) is 3.61. The van der Waals surface area contributed by atoms with E-state index in [9.17, 15) is 0 Å². The molecule has 0 aromatic heterocycles. The first-order valence-corrected chi connectivity index (χ1v) is 8.45. The molecule has 18 heavy (non-hydrogen) atoms. The Hall–Kier alpha value is 0.230. The van der Waals surface area contributed by atoms with E-state index in [4.69, 9.17) is 0 Å². The van der Waals surface area contributed by atoms with Gasteiger partial charge in [0.15, 0.2) is 0 Å². The van der Waals surface area contributed by atoms with E-state index in [-0.39, 0.29) is 0 Å². The molecular weight excluding hydrogens is 242 g/mol. The van der Waals surface area contributed by atoms with Crippen molar-refractivity contribution in [1.82, 2.24) is 14.7 Å². The second kappa shape index (κ2) is 6.12. The molecule has 106 valence electrons. The highest BCUT2D eigenvalue weighted by atomic mass is 32.2. The van der Waals surface area contributed by atoms with Gasteiger partial charge < -0.3 is 9.80 Å². The van der Waals surface area contributed by atoms with Crippen LogP contribution >= 0.6 is 11.8 Å². The molecule has 0 aromatic carbocycles. The first-order chi connectivity index (χ1) is 8.51. The minimum Gasteiger partial charge on any atom is -0.304 e. The van der Waals surface area contributed by atoms with Crippen molar-refractivity contribution in [3.8, 4) is 0 Å². The predicted octanol–water partition coefficient (Wildman–Crippen LogP) is 1.65. The molecule has 0 aromatic rings. The smallest absolute Gasteiger partial charge is 0.0610 e. The number of rotatable bonds is 5. The molecule has 0 aliphatic carbocycles. The maximum absolute atomic E-state index is 2.64. The second-order valence-electron chi connectivity index (χ2n) is 6.36. The van der Waals surface area contributed by atoms with E-state index >= 15 is 0 Å². The van der Waals surface area contributed by atoms with Gasteiger partial charge in [-0.05, 0) is 46.0 Å². The summed E-state index contributed by atoms with van der Waals surface area (Å²) in [5.74, 6) is 0.941. The Labute approximate surface area is 117 Å². The molecule has 2 aliphatic rings. The lowest BCUT2D eigenvalue weighted by atomic mass is 9.94. The molecule has 2 aliphatic heterocycles. The molecule has 0 amide bonds. The van der Waals surface area contributed by atoms with E-state index in [1.807, 2.05) is 11.8 Å². The Balaban J connectivity index is 1.60. The molecule has 4 heteroatoms. The molecule has 0 saturated carbocycles. The first kappa shape index (κ1) is 14.6. The Morgan fingerprint density at radius 3 is 2.28 bits per heavy atom.